The van der Waals surface area contributed by atoms with Gasteiger partial charge in [0.1, 0.15) is 12.4 Å². The number of hydrogen-bond acceptors (Lipinski definition) is 2. The fourth-order valence-electron chi connectivity index (χ4n) is 2.32. The summed E-state index contributed by atoms with van der Waals surface area (Å²) in [5, 5.41) is 0. The lowest BCUT2D eigenvalue weighted by Crippen LogP contribution is -2.45. The second-order valence-electron chi connectivity index (χ2n) is 5.34. The van der Waals surface area contributed by atoms with Crippen LogP contribution in [0.15, 0.2) is 22.6 Å². The van der Waals surface area contributed by atoms with Crippen LogP contribution < -0.4 is 0 Å². The predicted molar refractivity (Wildman–Crippen MR) is 69.1 cm³/mol. The summed E-state index contributed by atoms with van der Waals surface area (Å²) in [6.45, 7) is 16.1. The highest BCUT2D eigenvalue weighted by Crippen LogP contribution is 2.31. The van der Waals surface area contributed by atoms with Gasteiger partial charge in [-0.1, -0.05) is 0 Å². The van der Waals surface area contributed by atoms with Crippen LogP contribution in [0.4, 0.5) is 0 Å². The van der Waals surface area contributed by atoms with E-state index in [2.05, 4.69) is 53.4 Å². The smallest absolute Gasteiger partial charge is 0.141 e. The van der Waals surface area contributed by atoms with Gasteiger partial charge in [0.25, 0.3) is 0 Å². The Morgan fingerprint density at radius 1 is 1.19 bits per heavy atom. The molecule has 1 saturated heterocycles. The molecule has 1 rings (SSSR count). The van der Waals surface area contributed by atoms with Gasteiger partial charge in [0, 0.05) is 6.04 Å². The van der Waals surface area contributed by atoms with E-state index in [-0.39, 0.29) is 0 Å². The van der Waals surface area contributed by atoms with Crippen molar-refractivity contribution >= 4 is 0 Å². The molecule has 2 heteroatoms. The molecular formula is C14H25NO. The Balaban J connectivity index is 3.25. The van der Waals surface area contributed by atoms with Crippen LogP contribution in [0, 0.1) is 0 Å². The average Bonchev–Trinajstić information content (AvgIpc) is 2.15. The van der Waals surface area contributed by atoms with E-state index < -0.39 is 0 Å². The van der Waals surface area contributed by atoms with Crippen molar-refractivity contribution in [2.24, 2.45) is 0 Å². The van der Waals surface area contributed by atoms with Crippen molar-refractivity contribution in [2.45, 2.75) is 60.5 Å². The van der Waals surface area contributed by atoms with E-state index in [1.54, 1.807) is 0 Å². The van der Waals surface area contributed by atoms with E-state index in [1.165, 1.54) is 16.8 Å². The molecule has 0 bridgehead atoms. The van der Waals surface area contributed by atoms with E-state index in [0.717, 1.165) is 12.4 Å². The molecule has 0 unspecified atom stereocenters. The lowest BCUT2D eigenvalue weighted by Gasteiger charge is -2.43. The van der Waals surface area contributed by atoms with Gasteiger partial charge in [-0.15, -0.1) is 0 Å². The summed E-state index contributed by atoms with van der Waals surface area (Å²) in [6.07, 6.45) is 0. The summed E-state index contributed by atoms with van der Waals surface area (Å²) < 4.78 is 5.89. The minimum atomic E-state index is 0.452. The molecule has 0 radical (unpaired) electrons. The Bertz CT molecular complexity index is 318. The lowest BCUT2D eigenvalue weighted by atomic mass is 10.0. The molecule has 1 atom stereocenters. The van der Waals surface area contributed by atoms with Crippen LogP contribution in [0.3, 0.4) is 0 Å². The first-order valence-electron chi connectivity index (χ1n) is 6.12. The molecule has 0 saturated carbocycles. The van der Waals surface area contributed by atoms with Crippen molar-refractivity contribution in [1.82, 2.24) is 4.90 Å². The van der Waals surface area contributed by atoms with Gasteiger partial charge < -0.3 is 9.64 Å². The first-order valence-corrected chi connectivity index (χ1v) is 6.12. The summed E-state index contributed by atoms with van der Waals surface area (Å²) in [7, 11) is 0. The Kier molecular flexibility index (Phi) is 4.06. The van der Waals surface area contributed by atoms with Crippen LogP contribution in [-0.2, 0) is 4.74 Å². The van der Waals surface area contributed by atoms with Gasteiger partial charge in [0.15, 0.2) is 0 Å². The summed E-state index contributed by atoms with van der Waals surface area (Å²) >= 11 is 0. The van der Waals surface area contributed by atoms with Gasteiger partial charge in [-0.25, -0.2) is 0 Å². The van der Waals surface area contributed by atoms with Crippen molar-refractivity contribution in [3.8, 4) is 0 Å². The predicted octanol–water partition coefficient (Wildman–Crippen LogP) is 3.70. The van der Waals surface area contributed by atoms with Crippen molar-refractivity contribution in [1.29, 1.82) is 0 Å². The van der Waals surface area contributed by atoms with Gasteiger partial charge in [-0.3, -0.25) is 0 Å². The van der Waals surface area contributed by atoms with Gasteiger partial charge in [0.05, 0.1) is 11.7 Å². The van der Waals surface area contributed by atoms with E-state index >= 15 is 0 Å². The van der Waals surface area contributed by atoms with E-state index in [4.69, 9.17) is 4.74 Å². The Hall–Kier alpha value is -0.920. The molecule has 0 amide bonds. The van der Waals surface area contributed by atoms with Gasteiger partial charge >= 0.3 is 0 Å². The van der Waals surface area contributed by atoms with Crippen LogP contribution in [0.5, 0.6) is 0 Å². The second-order valence-corrected chi connectivity index (χ2v) is 5.34. The number of morpholine rings is 1. The molecule has 1 aliphatic heterocycles. The Morgan fingerprint density at radius 2 is 1.75 bits per heavy atom. The molecule has 1 fully saturated rings. The first-order chi connectivity index (χ1) is 7.36. The quantitative estimate of drug-likeness (QED) is 0.672. The highest BCUT2D eigenvalue weighted by Gasteiger charge is 2.30. The second kappa shape index (κ2) is 4.94. The third-order valence-corrected chi connectivity index (χ3v) is 2.90. The molecule has 0 spiro atoms. The molecule has 2 nitrogen and oxygen atoms in total. The van der Waals surface area contributed by atoms with Crippen LogP contribution in [0.2, 0.25) is 0 Å². The standard InChI is InChI=1S/C14H25NO/c1-9(2)13-14(10(3)4)16-8-12(7)15(13)11(5)6/h11-12H,8H2,1-7H3/t12-/m1/s1. The maximum atomic E-state index is 5.89. The fraction of sp³-hybridized carbons (Fsp3) is 0.714. The number of allylic oxidation sites excluding steroid dienone is 2. The van der Waals surface area contributed by atoms with E-state index in [9.17, 15) is 0 Å². The van der Waals surface area contributed by atoms with Gasteiger partial charge in [-0.05, 0) is 59.6 Å². The maximum Gasteiger partial charge on any atom is 0.141 e. The highest BCUT2D eigenvalue weighted by molar-refractivity contribution is 5.34. The topological polar surface area (TPSA) is 12.5 Å². The highest BCUT2D eigenvalue weighted by atomic mass is 16.5. The molecule has 16 heavy (non-hydrogen) atoms. The molecule has 0 aliphatic carbocycles. The van der Waals surface area contributed by atoms with Crippen LogP contribution in [0.25, 0.3) is 0 Å². The fourth-order valence-corrected chi connectivity index (χ4v) is 2.32. The number of hydrogen-bond donors (Lipinski definition) is 0. The van der Waals surface area contributed by atoms with Crippen LogP contribution >= 0.6 is 0 Å². The summed E-state index contributed by atoms with van der Waals surface area (Å²) in [4.78, 5) is 2.47. The van der Waals surface area contributed by atoms with Crippen LogP contribution in [0.1, 0.15) is 48.5 Å². The molecule has 92 valence electrons. The van der Waals surface area contributed by atoms with Gasteiger partial charge in [-0.2, -0.15) is 0 Å². The monoisotopic (exact) mass is 223 g/mol. The molecule has 0 aromatic carbocycles. The zero-order valence-electron chi connectivity index (χ0n) is 11.7. The summed E-state index contributed by atoms with van der Waals surface area (Å²) in [6, 6.07) is 0.964. The van der Waals surface area contributed by atoms with Crippen molar-refractivity contribution in [3.05, 3.63) is 22.6 Å². The van der Waals surface area contributed by atoms with Crippen molar-refractivity contribution in [2.75, 3.05) is 6.61 Å². The third-order valence-electron chi connectivity index (χ3n) is 2.90. The Morgan fingerprint density at radius 3 is 2.12 bits per heavy atom. The maximum absolute atomic E-state index is 5.89. The molecule has 1 aliphatic rings. The molecule has 0 N–H and O–H groups in total. The largest absolute Gasteiger partial charge is 0.489 e. The normalized spacial score (nSPS) is 21.2. The van der Waals surface area contributed by atoms with Gasteiger partial charge in [0.2, 0.25) is 0 Å². The van der Waals surface area contributed by atoms with E-state index in [1.807, 2.05) is 0 Å². The molecule has 0 aromatic rings. The van der Waals surface area contributed by atoms with E-state index in [0.29, 0.717) is 12.1 Å². The lowest BCUT2D eigenvalue weighted by molar-refractivity contribution is 0.0612. The minimum absolute atomic E-state index is 0.452. The van der Waals surface area contributed by atoms with Crippen molar-refractivity contribution < 1.29 is 4.74 Å². The minimum Gasteiger partial charge on any atom is -0.489 e. The molecule has 1 heterocycles. The molecule has 0 aromatic heterocycles. The summed E-state index contributed by atoms with van der Waals surface area (Å²) in [5.41, 5.74) is 3.87. The average molecular weight is 223 g/mol. The first kappa shape index (κ1) is 13.1. The number of ether oxygens (including phenoxy) is 1. The number of rotatable bonds is 1. The molecular weight excluding hydrogens is 198 g/mol. The number of nitrogens with zero attached hydrogens (tertiary/aromatic N) is 1. The zero-order chi connectivity index (χ0) is 12.5. The van der Waals surface area contributed by atoms with Crippen molar-refractivity contribution in [3.63, 3.8) is 0 Å². The third kappa shape index (κ3) is 2.42. The zero-order valence-corrected chi connectivity index (χ0v) is 11.7. The summed E-state index contributed by atoms with van der Waals surface area (Å²) in [5.74, 6) is 1.08. The van der Waals surface area contributed by atoms with Crippen LogP contribution in [-0.4, -0.2) is 23.6 Å². The Labute approximate surface area is 100.0 Å². The SMILES string of the molecule is CC(C)=C1OC[C@@H](C)N(C(C)C)C1=C(C)C.